The molecule has 2 heterocycles. The van der Waals surface area contributed by atoms with E-state index >= 15 is 0 Å². The minimum absolute atomic E-state index is 0.480. The number of aromatic nitrogens is 2. The third kappa shape index (κ3) is 5.43. The number of nitrogens with zero attached hydrogens (tertiary/aromatic N) is 2. The van der Waals surface area contributed by atoms with Gasteiger partial charge in [-0.3, -0.25) is 4.98 Å². The molecule has 0 radical (unpaired) electrons. The normalized spacial score (nSPS) is 13.3. The van der Waals surface area contributed by atoms with E-state index in [1.165, 1.54) is 18.3 Å². The van der Waals surface area contributed by atoms with E-state index in [0.29, 0.717) is 13.0 Å². The molecule has 2 aromatic rings. The molecule has 3 nitrogen and oxygen atoms in total. The summed E-state index contributed by atoms with van der Waals surface area (Å²) in [4.78, 5) is 8.51. The lowest BCUT2D eigenvalue weighted by atomic mass is 10.2. The van der Waals surface area contributed by atoms with Crippen LogP contribution in [0.3, 0.4) is 0 Å². The van der Waals surface area contributed by atoms with Crippen molar-refractivity contribution in [1.82, 2.24) is 15.3 Å². The minimum Gasteiger partial charge on any atom is -0.314 e. The number of halogens is 3. The second kappa shape index (κ2) is 7.00. The predicted octanol–water partition coefficient (Wildman–Crippen LogP) is 3.68. The van der Waals surface area contributed by atoms with Gasteiger partial charge in [0.1, 0.15) is 5.01 Å². The van der Waals surface area contributed by atoms with Gasteiger partial charge in [-0.1, -0.05) is 0 Å². The van der Waals surface area contributed by atoms with Crippen LogP contribution in [0.15, 0.2) is 29.9 Å². The molecule has 1 N–H and O–H groups in total. The zero-order valence-corrected chi connectivity index (χ0v) is 12.3. The van der Waals surface area contributed by atoms with E-state index in [4.69, 9.17) is 0 Å². The molecule has 0 bridgehead atoms. The van der Waals surface area contributed by atoms with Crippen molar-refractivity contribution in [2.24, 2.45) is 0 Å². The maximum Gasteiger partial charge on any atom is 0.390 e. The van der Waals surface area contributed by atoms with Crippen LogP contribution in [-0.4, -0.2) is 28.7 Å². The second-order valence-corrected chi connectivity index (χ2v) is 5.67. The van der Waals surface area contributed by atoms with Crippen LogP contribution in [-0.2, 0) is 6.42 Å². The molecular formula is C14H16F3N3S. The van der Waals surface area contributed by atoms with Gasteiger partial charge in [-0.25, -0.2) is 4.98 Å². The van der Waals surface area contributed by atoms with Crippen LogP contribution in [0.1, 0.15) is 19.0 Å². The van der Waals surface area contributed by atoms with Crippen LogP contribution in [0.4, 0.5) is 13.2 Å². The summed E-state index contributed by atoms with van der Waals surface area (Å²) in [7, 11) is 0. The zero-order valence-electron chi connectivity index (χ0n) is 11.5. The first kappa shape index (κ1) is 15.9. The van der Waals surface area contributed by atoms with Gasteiger partial charge in [-0.2, -0.15) is 13.2 Å². The van der Waals surface area contributed by atoms with E-state index in [9.17, 15) is 13.2 Å². The van der Waals surface area contributed by atoms with Gasteiger partial charge in [0.25, 0.3) is 0 Å². The molecule has 0 aliphatic heterocycles. The summed E-state index contributed by atoms with van der Waals surface area (Å²) in [5.74, 6) is 0. The molecule has 2 aromatic heterocycles. The van der Waals surface area contributed by atoms with Crippen LogP contribution in [0.5, 0.6) is 0 Å². The Balaban J connectivity index is 1.81. The van der Waals surface area contributed by atoms with Crippen LogP contribution in [0.25, 0.3) is 10.6 Å². The van der Waals surface area contributed by atoms with Crippen LogP contribution in [0, 0.1) is 0 Å². The van der Waals surface area contributed by atoms with Crippen LogP contribution >= 0.6 is 11.3 Å². The van der Waals surface area contributed by atoms with Gasteiger partial charge in [0.2, 0.25) is 0 Å². The lowest BCUT2D eigenvalue weighted by Gasteiger charge is -2.15. The van der Waals surface area contributed by atoms with Crippen molar-refractivity contribution in [3.63, 3.8) is 0 Å². The molecule has 0 amide bonds. The van der Waals surface area contributed by atoms with E-state index in [1.807, 2.05) is 17.5 Å². The lowest BCUT2D eigenvalue weighted by Crippen LogP contribution is -2.32. The SMILES string of the molecule is C[C@@H](CC(F)(F)F)NCCc1csc(-c2cccnc2)n1. The zero-order chi connectivity index (χ0) is 15.3. The van der Waals surface area contributed by atoms with Crippen molar-refractivity contribution in [3.8, 4) is 10.6 Å². The number of pyridine rings is 1. The monoisotopic (exact) mass is 315 g/mol. The molecule has 2 rings (SSSR count). The number of nitrogens with one attached hydrogen (secondary N) is 1. The highest BCUT2D eigenvalue weighted by Crippen LogP contribution is 2.23. The first-order chi connectivity index (χ1) is 9.94. The number of alkyl halides is 3. The standard InChI is InChI=1S/C14H16F3N3S/c1-10(7-14(15,16)17)19-6-4-12-9-21-13(20-12)11-3-2-5-18-8-11/h2-3,5,8-10,19H,4,6-7H2,1H3/t10-/m0/s1. The van der Waals surface area contributed by atoms with Gasteiger partial charge >= 0.3 is 6.18 Å². The Labute approximate surface area is 125 Å². The van der Waals surface area contributed by atoms with Crippen molar-refractivity contribution in [3.05, 3.63) is 35.6 Å². The van der Waals surface area contributed by atoms with E-state index in [0.717, 1.165) is 16.3 Å². The van der Waals surface area contributed by atoms with Crippen LogP contribution < -0.4 is 5.32 Å². The minimum atomic E-state index is -4.12. The van der Waals surface area contributed by atoms with Crippen molar-refractivity contribution >= 4 is 11.3 Å². The van der Waals surface area contributed by atoms with Gasteiger partial charge < -0.3 is 5.32 Å². The summed E-state index contributed by atoms with van der Waals surface area (Å²) in [5.41, 5.74) is 1.83. The molecule has 114 valence electrons. The number of rotatable bonds is 6. The molecule has 0 unspecified atom stereocenters. The van der Waals surface area contributed by atoms with E-state index in [1.54, 1.807) is 12.4 Å². The number of hydrogen-bond acceptors (Lipinski definition) is 4. The first-order valence-electron chi connectivity index (χ1n) is 6.59. The largest absolute Gasteiger partial charge is 0.390 e. The van der Waals surface area contributed by atoms with E-state index < -0.39 is 18.6 Å². The smallest absolute Gasteiger partial charge is 0.314 e. The Morgan fingerprint density at radius 3 is 2.86 bits per heavy atom. The van der Waals surface area contributed by atoms with Crippen molar-refractivity contribution in [2.75, 3.05) is 6.54 Å². The fraction of sp³-hybridized carbons (Fsp3) is 0.429. The second-order valence-electron chi connectivity index (χ2n) is 4.81. The quantitative estimate of drug-likeness (QED) is 0.883. The first-order valence-corrected chi connectivity index (χ1v) is 7.47. The Kier molecular flexibility index (Phi) is 5.30. The number of thiazole rings is 1. The highest BCUT2D eigenvalue weighted by molar-refractivity contribution is 7.13. The molecule has 0 aromatic carbocycles. The summed E-state index contributed by atoms with van der Waals surface area (Å²) in [6, 6.07) is 3.19. The summed E-state index contributed by atoms with van der Waals surface area (Å²) >= 11 is 1.51. The molecule has 1 atom stereocenters. The van der Waals surface area contributed by atoms with Gasteiger partial charge in [0.05, 0.1) is 12.1 Å². The van der Waals surface area contributed by atoms with Crippen molar-refractivity contribution in [2.45, 2.75) is 32.0 Å². The number of hydrogen-bond donors (Lipinski definition) is 1. The lowest BCUT2D eigenvalue weighted by molar-refractivity contribution is -0.138. The average Bonchev–Trinajstić information content (AvgIpc) is 2.86. The Morgan fingerprint density at radius 1 is 1.38 bits per heavy atom. The average molecular weight is 315 g/mol. The maximum absolute atomic E-state index is 12.2. The van der Waals surface area contributed by atoms with E-state index in [2.05, 4.69) is 15.3 Å². The fourth-order valence-corrected chi connectivity index (χ4v) is 2.75. The Morgan fingerprint density at radius 2 is 2.19 bits per heavy atom. The highest BCUT2D eigenvalue weighted by Gasteiger charge is 2.29. The van der Waals surface area contributed by atoms with Crippen LogP contribution in [0.2, 0.25) is 0 Å². The highest BCUT2D eigenvalue weighted by atomic mass is 32.1. The van der Waals surface area contributed by atoms with E-state index in [-0.39, 0.29) is 0 Å². The summed E-state index contributed by atoms with van der Waals surface area (Å²) in [5, 5.41) is 5.67. The van der Waals surface area contributed by atoms with Gasteiger partial charge in [-0.05, 0) is 19.1 Å². The Hall–Kier alpha value is -1.47. The van der Waals surface area contributed by atoms with Crippen molar-refractivity contribution < 1.29 is 13.2 Å². The third-order valence-corrected chi connectivity index (χ3v) is 3.81. The molecule has 0 saturated heterocycles. The molecule has 0 saturated carbocycles. The van der Waals surface area contributed by atoms with Crippen molar-refractivity contribution in [1.29, 1.82) is 0 Å². The third-order valence-electron chi connectivity index (χ3n) is 2.87. The summed E-state index contributed by atoms with van der Waals surface area (Å²) < 4.78 is 36.6. The molecular weight excluding hydrogens is 299 g/mol. The van der Waals surface area contributed by atoms with Gasteiger partial charge in [0.15, 0.2) is 0 Å². The Bertz CT molecular complexity index is 554. The summed E-state index contributed by atoms with van der Waals surface area (Å²) in [6.07, 6.45) is -0.888. The fourth-order valence-electron chi connectivity index (χ4n) is 1.91. The summed E-state index contributed by atoms with van der Waals surface area (Å²) in [6.45, 7) is 2.02. The topological polar surface area (TPSA) is 37.8 Å². The molecule has 0 spiro atoms. The maximum atomic E-state index is 12.2. The molecule has 7 heteroatoms. The van der Waals surface area contributed by atoms with Gasteiger partial charge in [0, 0.05) is 42.3 Å². The molecule has 0 aliphatic rings. The van der Waals surface area contributed by atoms with Gasteiger partial charge in [-0.15, -0.1) is 11.3 Å². The molecule has 0 fully saturated rings. The molecule has 21 heavy (non-hydrogen) atoms. The molecule has 0 aliphatic carbocycles. The predicted molar refractivity (Wildman–Crippen MR) is 77.2 cm³/mol.